The zero-order valence-electron chi connectivity index (χ0n) is 9.22. The summed E-state index contributed by atoms with van der Waals surface area (Å²) in [5, 5.41) is 15.1. The lowest BCUT2D eigenvalue weighted by atomic mass is 10.3. The first-order chi connectivity index (χ1) is 8.99. The molecule has 8 heteroatoms. The van der Waals surface area contributed by atoms with Crippen LogP contribution in [0, 0.1) is 10.1 Å². The fraction of sp³-hybridized carbons (Fsp3) is 0. The molecule has 0 radical (unpaired) electrons. The standard InChI is InChI=1S/C11H6Br2N2O3S/c12-7-3-4-19-10(7)11(16)14-6-1-2-9(15(17)18)8(13)5-6/h1-5H,(H,14,16). The Morgan fingerprint density at radius 2 is 2.00 bits per heavy atom. The Balaban J connectivity index is 2.21. The van der Waals surface area contributed by atoms with Crippen LogP contribution in [0.4, 0.5) is 11.4 Å². The minimum atomic E-state index is -0.495. The number of amides is 1. The number of rotatable bonds is 3. The third-order valence-electron chi connectivity index (χ3n) is 2.23. The number of hydrogen-bond donors (Lipinski definition) is 1. The predicted molar refractivity (Wildman–Crippen MR) is 80.8 cm³/mol. The van der Waals surface area contributed by atoms with Crippen LogP contribution in [0.25, 0.3) is 0 Å². The van der Waals surface area contributed by atoms with E-state index in [2.05, 4.69) is 37.2 Å². The van der Waals surface area contributed by atoms with Gasteiger partial charge in [-0.2, -0.15) is 0 Å². The van der Waals surface area contributed by atoms with Crippen molar-refractivity contribution < 1.29 is 9.72 Å². The van der Waals surface area contributed by atoms with Crippen molar-refractivity contribution in [1.82, 2.24) is 0 Å². The Bertz CT molecular complexity index is 657. The third kappa shape index (κ3) is 3.20. The number of nitro groups is 1. The number of thiophene rings is 1. The average Bonchev–Trinajstić information content (AvgIpc) is 2.75. The second kappa shape index (κ2) is 5.81. The van der Waals surface area contributed by atoms with Crippen LogP contribution < -0.4 is 5.32 Å². The molecule has 0 fully saturated rings. The topological polar surface area (TPSA) is 72.2 Å². The Kier molecular flexibility index (Phi) is 4.33. The maximum atomic E-state index is 11.9. The van der Waals surface area contributed by atoms with Crippen molar-refractivity contribution in [2.45, 2.75) is 0 Å². The van der Waals surface area contributed by atoms with Crippen LogP contribution in [0.5, 0.6) is 0 Å². The summed E-state index contributed by atoms with van der Waals surface area (Å²) in [7, 11) is 0. The van der Waals surface area contributed by atoms with Crippen LogP contribution in [-0.4, -0.2) is 10.8 Å². The highest BCUT2D eigenvalue weighted by atomic mass is 79.9. The van der Waals surface area contributed by atoms with Crippen LogP contribution in [0.2, 0.25) is 0 Å². The largest absolute Gasteiger partial charge is 0.321 e. The normalized spacial score (nSPS) is 10.2. The zero-order chi connectivity index (χ0) is 14.0. The molecule has 0 atom stereocenters. The zero-order valence-corrected chi connectivity index (χ0v) is 13.2. The van der Waals surface area contributed by atoms with E-state index in [9.17, 15) is 14.9 Å². The van der Waals surface area contributed by atoms with E-state index in [-0.39, 0.29) is 11.6 Å². The van der Waals surface area contributed by atoms with E-state index in [0.29, 0.717) is 15.0 Å². The molecule has 0 spiro atoms. The van der Waals surface area contributed by atoms with E-state index >= 15 is 0 Å². The Labute approximate surface area is 129 Å². The molecule has 0 aliphatic rings. The summed E-state index contributed by atoms with van der Waals surface area (Å²) in [6.45, 7) is 0. The number of carbonyl (C=O) groups is 1. The van der Waals surface area contributed by atoms with Crippen LogP contribution in [0.1, 0.15) is 9.67 Å². The fourth-order valence-corrected chi connectivity index (χ4v) is 3.35. The number of halogens is 2. The van der Waals surface area contributed by atoms with Crippen LogP contribution in [0.3, 0.4) is 0 Å². The van der Waals surface area contributed by atoms with Gasteiger partial charge in [-0.15, -0.1) is 11.3 Å². The van der Waals surface area contributed by atoms with E-state index in [1.165, 1.54) is 29.5 Å². The molecule has 1 aromatic carbocycles. The number of nitrogens with one attached hydrogen (secondary N) is 1. The summed E-state index contributed by atoms with van der Waals surface area (Å²) in [6, 6.07) is 6.11. The second-order valence-corrected chi connectivity index (χ2v) is 6.10. The minimum Gasteiger partial charge on any atom is -0.321 e. The first-order valence-corrected chi connectivity index (χ1v) is 7.44. The number of anilines is 1. The van der Waals surface area contributed by atoms with Crippen molar-refractivity contribution in [3.63, 3.8) is 0 Å². The summed E-state index contributed by atoms with van der Waals surface area (Å²) >= 11 is 7.69. The molecular weight excluding hydrogens is 400 g/mol. The highest BCUT2D eigenvalue weighted by Gasteiger charge is 2.15. The SMILES string of the molecule is O=C(Nc1ccc([N+](=O)[O-])c(Br)c1)c1sccc1Br. The molecule has 2 rings (SSSR count). The van der Waals surface area contributed by atoms with Crippen LogP contribution >= 0.6 is 43.2 Å². The molecule has 0 unspecified atom stereocenters. The lowest BCUT2D eigenvalue weighted by Crippen LogP contribution is -2.10. The van der Waals surface area contributed by atoms with Gasteiger partial charge in [0.05, 0.1) is 9.40 Å². The number of nitro benzene ring substituents is 1. The van der Waals surface area contributed by atoms with Gasteiger partial charge in [-0.25, -0.2) is 0 Å². The first-order valence-electron chi connectivity index (χ1n) is 4.97. The van der Waals surface area contributed by atoms with Gasteiger partial charge in [0.1, 0.15) is 4.88 Å². The van der Waals surface area contributed by atoms with Gasteiger partial charge in [0, 0.05) is 16.2 Å². The van der Waals surface area contributed by atoms with E-state index in [1.54, 1.807) is 11.4 Å². The monoisotopic (exact) mass is 404 g/mol. The summed E-state index contributed by atoms with van der Waals surface area (Å²) in [5.41, 5.74) is 0.443. The Morgan fingerprint density at radius 1 is 1.26 bits per heavy atom. The lowest BCUT2D eigenvalue weighted by molar-refractivity contribution is -0.385. The highest BCUT2D eigenvalue weighted by molar-refractivity contribution is 9.11. The second-order valence-electron chi connectivity index (χ2n) is 3.48. The van der Waals surface area contributed by atoms with Crippen LogP contribution in [0.15, 0.2) is 38.6 Å². The number of carbonyl (C=O) groups excluding carboxylic acids is 1. The molecule has 0 bridgehead atoms. The first kappa shape index (κ1) is 14.2. The number of nitrogens with zero attached hydrogens (tertiary/aromatic N) is 1. The highest BCUT2D eigenvalue weighted by Crippen LogP contribution is 2.29. The smallest absolute Gasteiger partial charge is 0.283 e. The van der Waals surface area contributed by atoms with Gasteiger partial charge in [0.15, 0.2) is 0 Å². The maximum absolute atomic E-state index is 11.9. The summed E-state index contributed by atoms with van der Waals surface area (Å²) in [4.78, 5) is 22.7. The molecule has 0 saturated heterocycles. The maximum Gasteiger partial charge on any atom is 0.283 e. The molecule has 5 nitrogen and oxygen atoms in total. The average molecular weight is 406 g/mol. The van der Waals surface area contributed by atoms with E-state index in [1.807, 2.05) is 0 Å². The Hall–Kier alpha value is -1.25. The van der Waals surface area contributed by atoms with Gasteiger partial charge >= 0.3 is 0 Å². The molecular formula is C11H6Br2N2O3S. The van der Waals surface area contributed by atoms with Gasteiger partial charge in [0.25, 0.3) is 11.6 Å². The molecule has 1 heterocycles. The van der Waals surface area contributed by atoms with Gasteiger partial charge in [-0.1, -0.05) is 0 Å². The lowest BCUT2D eigenvalue weighted by Gasteiger charge is -2.05. The van der Waals surface area contributed by atoms with Crippen molar-refractivity contribution >= 4 is 60.5 Å². The molecule has 19 heavy (non-hydrogen) atoms. The molecule has 1 amide bonds. The van der Waals surface area contributed by atoms with Crippen molar-refractivity contribution in [1.29, 1.82) is 0 Å². The predicted octanol–water partition coefficient (Wildman–Crippen LogP) is 4.43. The Morgan fingerprint density at radius 3 is 2.53 bits per heavy atom. The summed E-state index contributed by atoms with van der Waals surface area (Å²) in [6.07, 6.45) is 0. The molecule has 1 N–H and O–H groups in total. The molecule has 0 saturated carbocycles. The van der Waals surface area contributed by atoms with Crippen LogP contribution in [-0.2, 0) is 0 Å². The molecule has 2 aromatic rings. The minimum absolute atomic E-state index is 0.0460. The van der Waals surface area contributed by atoms with E-state index < -0.39 is 4.92 Å². The van der Waals surface area contributed by atoms with Crippen molar-refractivity contribution in [2.75, 3.05) is 5.32 Å². The fourth-order valence-electron chi connectivity index (χ4n) is 1.38. The van der Waals surface area contributed by atoms with E-state index in [0.717, 1.165) is 4.47 Å². The van der Waals surface area contributed by atoms with Gasteiger partial charge in [-0.3, -0.25) is 14.9 Å². The molecule has 1 aromatic heterocycles. The van der Waals surface area contributed by atoms with Crippen molar-refractivity contribution in [2.24, 2.45) is 0 Å². The number of benzene rings is 1. The van der Waals surface area contributed by atoms with Crippen molar-refractivity contribution in [3.05, 3.63) is 53.6 Å². The molecule has 0 aliphatic heterocycles. The summed E-state index contributed by atoms with van der Waals surface area (Å²) in [5.74, 6) is -0.261. The number of hydrogen-bond acceptors (Lipinski definition) is 4. The van der Waals surface area contributed by atoms with Gasteiger partial charge in [-0.05, 0) is 55.4 Å². The van der Waals surface area contributed by atoms with E-state index in [4.69, 9.17) is 0 Å². The van der Waals surface area contributed by atoms with Gasteiger partial charge < -0.3 is 5.32 Å². The molecule has 98 valence electrons. The molecule has 0 aliphatic carbocycles. The van der Waals surface area contributed by atoms with Crippen molar-refractivity contribution in [3.8, 4) is 0 Å². The van der Waals surface area contributed by atoms with Gasteiger partial charge in [0.2, 0.25) is 0 Å². The quantitative estimate of drug-likeness (QED) is 0.606. The summed E-state index contributed by atoms with van der Waals surface area (Å²) < 4.78 is 1.04. The third-order valence-corrected chi connectivity index (χ3v) is 4.70.